The Morgan fingerprint density at radius 3 is 0.993 bits per heavy atom. The van der Waals surface area contributed by atoms with Crippen LogP contribution >= 0.6 is 0 Å². The second kappa shape index (κ2) is 51.0. The number of likely N-dealkylation sites (N-methyl/N-ethyl adjacent to an activating group) is 1. The lowest BCUT2D eigenvalue weighted by atomic mass is 10.1. The second-order valence-electron chi connectivity index (χ2n) is 39.9. The Balaban J connectivity index is 0.000000142. The van der Waals surface area contributed by atoms with E-state index in [1.54, 1.807) is 60.1 Å². The summed E-state index contributed by atoms with van der Waals surface area (Å²) < 4.78 is 213. The Morgan fingerprint density at radius 2 is 0.685 bits per heavy atom. The molecular weight excluding hydrogens is 1950 g/mol. The molecular formula is C106H140F12N22O9. The number of halogens is 12. The van der Waals surface area contributed by atoms with Crippen LogP contribution in [-0.2, 0) is 0 Å². The largest absolute Gasteiger partial charge is 0.493 e. The molecule has 0 bridgehead atoms. The van der Waals surface area contributed by atoms with Crippen LogP contribution in [0.3, 0.4) is 0 Å². The van der Waals surface area contributed by atoms with Crippen LogP contribution in [0.2, 0.25) is 0 Å². The van der Waals surface area contributed by atoms with E-state index in [0.717, 1.165) is 153 Å². The summed E-state index contributed by atoms with van der Waals surface area (Å²) in [5, 5.41) is 29.2. The molecule has 9 fully saturated rings. The van der Waals surface area contributed by atoms with Crippen LogP contribution in [0.5, 0.6) is 46.0 Å². The van der Waals surface area contributed by atoms with Gasteiger partial charge in [0.2, 0.25) is 23.8 Å². The predicted octanol–water partition coefficient (Wildman–Crippen LogP) is 19.2. The number of piperidine rings is 5. The van der Waals surface area contributed by atoms with Gasteiger partial charge in [-0.1, -0.05) is 0 Å². The molecule has 10 aromatic rings. The SMILES string of the molecule is COc1cc2c(NC([C@@H](C)O)N(C)C)nc(N3CCC(F)(F)CC3)nc2cc1OCCCN1CCCC1.COc1cc2c(NC3CCCCN3)nc(N3CCC(F)(F)CC3)nc2cc1OCCCN1CCCC1.COc1cc2c(Nc3cc(F)cc(F)c3)nc(N3CCC(F)(F)CC3)nc2cc1OCCCN1CCCC1.COc1cc2c(Nc3ccc(F)cc3F)nc(N3CCC(F)(F)CC3)nc2cc1OCCCN1CCCC1. The molecule has 19 rings (SSSR count). The van der Waals surface area contributed by atoms with E-state index in [9.17, 15) is 57.8 Å². The predicted molar refractivity (Wildman–Crippen MR) is 554 cm³/mol. The van der Waals surface area contributed by atoms with E-state index in [1.807, 2.05) is 48.2 Å². The van der Waals surface area contributed by atoms with Gasteiger partial charge < -0.3 is 103 Å². The number of rotatable bonds is 38. The van der Waals surface area contributed by atoms with Crippen LogP contribution < -0.4 is 84.1 Å². The number of nitrogens with one attached hydrogen (secondary N) is 5. The molecule has 0 aliphatic carbocycles. The number of anilines is 10. The van der Waals surface area contributed by atoms with Gasteiger partial charge in [-0.15, -0.1) is 0 Å². The Labute approximate surface area is 861 Å². The van der Waals surface area contributed by atoms with Crippen molar-refractivity contribution < 1.29 is 95.7 Å². The quantitative estimate of drug-likeness (QED) is 0.0119. The highest BCUT2D eigenvalue weighted by molar-refractivity contribution is 5.97. The summed E-state index contributed by atoms with van der Waals surface area (Å²) in [4.78, 5) is 56.1. The van der Waals surface area contributed by atoms with Crippen molar-refractivity contribution in [1.29, 1.82) is 0 Å². The highest BCUT2D eigenvalue weighted by Gasteiger charge is 2.41. The maximum Gasteiger partial charge on any atom is 0.251 e. The minimum Gasteiger partial charge on any atom is -0.493 e. The van der Waals surface area contributed by atoms with Crippen LogP contribution in [0.25, 0.3) is 43.6 Å². The second-order valence-corrected chi connectivity index (χ2v) is 39.9. The summed E-state index contributed by atoms with van der Waals surface area (Å²) in [6.07, 6.45) is 13.8. The number of aromatic nitrogens is 8. The highest BCUT2D eigenvalue weighted by atomic mass is 19.3. The van der Waals surface area contributed by atoms with Gasteiger partial charge in [0.25, 0.3) is 23.7 Å². The zero-order valence-corrected chi connectivity index (χ0v) is 86.1. The van der Waals surface area contributed by atoms with Gasteiger partial charge in [0.1, 0.15) is 52.7 Å². The van der Waals surface area contributed by atoms with Crippen molar-refractivity contribution in [3.63, 3.8) is 0 Å². The van der Waals surface area contributed by atoms with E-state index in [4.69, 9.17) is 57.8 Å². The van der Waals surface area contributed by atoms with Crippen molar-refractivity contribution in [2.45, 2.75) is 197 Å². The number of likely N-dealkylation sites (tertiary alicyclic amines) is 4. The molecule has 13 heterocycles. The monoisotopic (exact) mass is 2090 g/mol. The molecule has 812 valence electrons. The van der Waals surface area contributed by atoms with E-state index in [-0.39, 0.29) is 145 Å². The van der Waals surface area contributed by atoms with Crippen LogP contribution in [0, 0.1) is 23.3 Å². The summed E-state index contributed by atoms with van der Waals surface area (Å²) in [5.41, 5.74) is 2.47. The van der Waals surface area contributed by atoms with E-state index in [0.29, 0.717) is 134 Å². The molecule has 0 amide bonds. The number of alkyl halides is 8. The minimum absolute atomic E-state index is 0.0173. The van der Waals surface area contributed by atoms with Crippen molar-refractivity contribution in [1.82, 2.24) is 69.7 Å². The molecule has 6 N–H and O–H groups in total. The summed E-state index contributed by atoms with van der Waals surface area (Å²) in [7, 11) is 9.99. The van der Waals surface area contributed by atoms with Gasteiger partial charge in [-0.25, -0.2) is 72.6 Å². The topological polar surface area (TPSA) is 287 Å². The fourth-order valence-electron chi connectivity index (χ4n) is 20.0. The standard InChI is InChI=1S/2C27H31F4N5O2.C26H40F2N6O3.C26H38F2N6O2/c1-37-23-16-21-22(17-24(23)38-12-4-9-35-7-2-3-8-35)33-26(36-10-5-27(30,31)6-11-36)34-25(21)32-20-14-18(28)13-19(29)15-20;1-37-23-16-19-22(17-24(23)38-14-4-11-35-9-2-3-10-35)33-26(36-12-7-27(30,31)8-13-36)34-25(19)32-21-6-5-18(28)15-20(21)29;1-18(35)24(32(2)3)30-23-19-16-21(36-4)22(37-15-7-12-33-10-5-6-11-33)17-20(19)29-25(31-23)34-13-8-26(27,28)9-14-34;1-35-21-17-19-20(18-22(21)36-16-6-13-33-11-4-5-12-33)30-25(34-14-8-26(27,28)9-15-34)32-24(19)31-23-7-2-3-10-29-23/h13-17H,2-12H2,1H3,(H,32,33,34);5-6,15-17H,2-4,7-14H2,1H3,(H,32,33,34);16-18,24,35H,5-15H2,1-4H3,(H,29,30,31);17-18,23,29H,2-16H2,1H3,(H,30,31,32)/t;;18-,24?;/m..1./s1. The fourth-order valence-corrected chi connectivity index (χ4v) is 20.0. The van der Waals surface area contributed by atoms with Crippen LogP contribution in [-0.4, -0.2) is 318 Å². The number of methoxy groups -OCH3 is 4. The van der Waals surface area contributed by atoms with Crippen LogP contribution in [0.1, 0.15) is 155 Å². The normalized spacial score (nSPS) is 19.4. The smallest absolute Gasteiger partial charge is 0.251 e. The van der Waals surface area contributed by atoms with Gasteiger partial charge >= 0.3 is 0 Å². The lowest BCUT2D eigenvalue weighted by Crippen LogP contribution is -2.44. The number of benzene rings is 6. The third-order valence-electron chi connectivity index (χ3n) is 28.5. The first-order valence-electron chi connectivity index (χ1n) is 52.4. The van der Waals surface area contributed by atoms with E-state index < -0.39 is 59.2 Å². The summed E-state index contributed by atoms with van der Waals surface area (Å²) in [6, 6.07) is 20.6. The Kier molecular flexibility index (Phi) is 37.7. The van der Waals surface area contributed by atoms with E-state index in [2.05, 4.69) is 66.1 Å². The molecule has 43 heteroatoms. The Bertz CT molecular complexity index is 6020. The molecule has 149 heavy (non-hydrogen) atoms. The van der Waals surface area contributed by atoms with Gasteiger partial charge in [0.15, 0.2) is 46.0 Å². The lowest BCUT2D eigenvalue weighted by Gasteiger charge is -2.33. The molecule has 6 aromatic carbocycles. The molecule has 9 saturated heterocycles. The molecule has 0 saturated carbocycles. The van der Waals surface area contributed by atoms with Gasteiger partial charge in [-0.05, 0) is 225 Å². The number of hydrogen-bond acceptors (Lipinski definition) is 31. The minimum atomic E-state index is -2.73. The number of fused-ring (bicyclic) bond motifs is 4. The lowest BCUT2D eigenvalue weighted by molar-refractivity contribution is -0.0228. The van der Waals surface area contributed by atoms with Crippen molar-refractivity contribution in [2.75, 3.05) is 247 Å². The maximum absolute atomic E-state index is 14.5. The van der Waals surface area contributed by atoms with E-state index in [1.165, 1.54) is 84.7 Å². The number of ether oxygens (including phenoxy) is 8. The summed E-state index contributed by atoms with van der Waals surface area (Å²) in [5.74, 6) is -6.37. The average Bonchev–Trinajstić information content (AvgIpc) is 1.69. The molecule has 0 spiro atoms. The number of nitrogens with zero attached hydrogens (tertiary/aromatic N) is 17. The zero-order valence-electron chi connectivity index (χ0n) is 86.1. The first kappa shape index (κ1) is 110. The molecule has 3 atom stereocenters. The van der Waals surface area contributed by atoms with Gasteiger partial charge in [-0.3, -0.25) is 10.2 Å². The van der Waals surface area contributed by atoms with Crippen LogP contribution in [0.15, 0.2) is 84.9 Å². The third kappa shape index (κ3) is 30.2. The van der Waals surface area contributed by atoms with Crippen LogP contribution in [0.4, 0.5) is 111 Å². The molecule has 0 radical (unpaired) electrons. The molecule has 31 nitrogen and oxygen atoms in total. The number of hydrogen-bond donors (Lipinski definition) is 6. The van der Waals surface area contributed by atoms with Crippen molar-refractivity contribution >= 4 is 102 Å². The average molecular weight is 2090 g/mol. The maximum atomic E-state index is 14.5. The molecule has 9 aliphatic rings. The highest BCUT2D eigenvalue weighted by Crippen LogP contribution is 2.45. The fraction of sp³-hybridized carbons (Fsp3) is 0.585. The van der Waals surface area contributed by atoms with Crippen molar-refractivity contribution in [2.24, 2.45) is 0 Å². The van der Waals surface area contributed by atoms with Crippen molar-refractivity contribution in [3.05, 3.63) is 108 Å². The Hall–Kier alpha value is -11.6. The Morgan fingerprint density at radius 1 is 0.369 bits per heavy atom. The molecule has 2 unspecified atom stereocenters. The summed E-state index contributed by atoms with van der Waals surface area (Å²) >= 11 is 0. The zero-order chi connectivity index (χ0) is 105. The number of aliphatic hydroxyl groups excluding tert-OH is 1. The third-order valence-corrected chi connectivity index (χ3v) is 28.5. The number of aliphatic hydroxyl groups is 1. The molecule has 4 aromatic heterocycles. The first-order chi connectivity index (χ1) is 71.8. The van der Waals surface area contributed by atoms with Gasteiger partial charge in [0.05, 0.1) is 94.9 Å². The summed E-state index contributed by atoms with van der Waals surface area (Å²) in [6.45, 7) is 19.0. The van der Waals surface area contributed by atoms with Gasteiger partial charge in [-0.2, -0.15) is 19.9 Å². The van der Waals surface area contributed by atoms with Gasteiger partial charge in [0, 0.05) is 194 Å². The van der Waals surface area contributed by atoms with Crippen molar-refractivity contribution in [3.8, 4) is 46.0 Å². The first-order valence-corrected chi connectivity index (χ1v) is 52.4. The molecule has 9 aliphatic heterocycles. The van der Waals surface area contributed by atoms with E-state index >= 15 is 0 Å².